The van der Waals surface area contributed by atoms with E-state index < -0.39 is 42.9 Å². The number of hydrogen-bond donors (Lipinski definition) is 1. The summed E-state index contributed by atoms with van der Waals surface area (Å²) < 4.78 is 9.85. The first-order valence-corrected chi connectivity index (χ1v) is 8.49. The maximum atomic E-state index is 11.9. The smallest absolute Gasteiger partial charge is 0.338 e. The quantitative estimate of drug-likeness (QED) is 0.534. The number of hydrogen-bond acceptors (Lipinski definition) is 7. The first-order chi connectivity index (χ1) is 13.2. The molecule has 0 atom stereocenters. The van der Waals surface area contributed by atoms with E-state index in [1.165, 1.54) is 36.2 Å². The van der Waals surface area contributed by atoms with E-state index in [4.69, 9.17) is 9.47 Å². The van der Waals surface area contributed by atoms with Crippen LogP contribution in [-0.2, 0) is 23.9 Å². The average molecular weight is 391 g/mol. The summed E-state index contributed by atoms with van der Waals surface area (Å²) in [4.78, 5) is 60.6. The molecule has 2 rings (SSSR count). The molecule has 1 N–H and O–H groups in total. The lowest BCUT2D eigenvalue weighted by Crippen LogP contribution is -2.37. The number of anilines is 1. The van der Waals surface area contributed by atoms with Crippen molar-refractivity contribution in [1.29, 1.82) is 0 Å². The highest BCUT2D eigenvalue weighted by Crippen LogP contribution is 2.12. The maximum absolute atomic E-state index is 11.9. The zero-order valence-corrected chi connectivity index (χ0v) is 15.8. The summed E-state index contributed by atoms with van der Waals surface area (Å²) in [6, 6.07) is 5.41. The number of ether oxygens (including phenoxy) is 2. The molecule has 4 amide bonds. The van der Waals surface area contributed by atoms with Gasteiger partial charge in [-0.1, -0.05) is 0 Å². The molecule has 1 aromatic carbocycles. The van der Waals surface area contributed by atoms with Crippen molar-refractivity contribution in [2.75, 3.05) is 32.1 Å². The van der Waals surface area contributed by atoms with Crippen LogP contribution in [0.5, 0.6) is 0 Å². The molecule has 28 heavy (non-hydrogen) atoms. The van der Waals surface area contributed by atoms with E-state index in [0.29, 0.717) is 11.3 Å². The van der Waals surface area contributed by atoms with Gasteiger partial charge in [-0.25, -0.2) is 9.59 Å². The van der Waals surface area contributed by atoms with Crippen molar-refractivity contribution in [3.05, 3.63) is 29.8 Å². The van der Waals surface area contributed by atoms with Gasteiger partial charge in [-0.15, -0.1) is 0 Å². The van der Waals surface area contributed by atoms with E-state index in [2.05, 4.69) is 5.32 Å². The predicted molar refractivity (Wildman–Crippen MR) is 96.3 cm³/mol. The molecule has 1 aromatic rings. The molecule has 10 heteroatoms. The highest BCUT2D eigenvalue weighted by molar-refractivity contribution is 6.04. The first kappa shape index (κ1) is 20.9. The Morgan fingerprint density at radius 2 is 1.79 bits per heavy atom. The van der Waals surface area contributed by atoms with Gasteiger partial charge >= 0.3 is 18.0 Å². The molecule has 0 aromatic heterocycles. The third kappa shape index (κ3) is 5.53. The van der Waals surface area contributed by atoms with Crippen LogP contribution >= 0.6 is 0 Å². The molecule has 10 nitrogen and oxygen atoms in total. The lowest BCUT2D eigenvalue weighted by atomic mass is 10.2. The molecule has 1 aliphatic rings. The number of carbonyl (C=O) groups excluding carboxylic acids is 5. The van der Waals surface area contributed by atoms with Crippen LogP contribution in [0.2, 0.25) is 0 Å². The third-order valence-corrected chi connectivity index (χ3v) is 3.63. The largest absolute Gasteiger partial charge is 0.459 e. The van der Waals surface area contributed by atoms with Gasteiger partial charge in [-0.2, -0.15) is 0 Å². The Labute approximate surface area is 161 Å². The first-order valence-electron chi connectivity index (χ1n) is 8.49. The van der Waals surface area contributed by atoms with Crippen LogP contribution in [-0.4, -0.2) is 72.4 Å². The summed E-state index contributed by atoms with van der Waals surface area (Å²) in [7, 11) is 1.44. The number of rotatable bonds is 7. The van der Waals surface area contributed by atoms with Crippen molar-refractivity contribution >= 4 is 35.5 Å². The molecule has 1 fully saturated rings. The monoisotopic (exact) mass is 391 g/mol. The summed E-state index contributed by atoms with van der Waals surface area (Å²) in [5.74, 6) is -2.47. The minimum absolute atomic E-state index is 0.104. The molecule has 0 radical (unpaired) electrons. The van der Waals surface area contributed by atoms with Crippen LogP contribution in [0.25, 0.3) is 0 Å². The van der Waals surface area contributed by atoms with Crippen LogP contribution in [0.4, 0.5) is 10.5 Å². The van der Waals surface area contributed by atoms with Crippen LogP contribution in [0.3, 0.4) is 0 Å². The van der Waals surface area contributed by atoms with Crippen molar-refractivity contribution in [2.45, 2.75) is 20.0 Å². The molecule has 1 saturated heterocycles. The minimum Gasteiger partial charge on any atom is -0.459 e. The Hall–Kier alpha value is -3.43. The molecule has 150 valence electrons. The van der Waals surface area contributed by atoms with Gasteiger partial charge in [0.2, 0.25) is 0 Å². The number of carbonyl (C=O) groups is 5. The van der Waals surface area contributed by atoms with Gasteiger partial charge in [-0.3, -0.25) is 19.3 Å². The van der Waals surface area contributed by atoms with Crippen molar-refractivity contribution in [3.8, 4) is 0 Å². The molecule has 0 spiro atoms. The number of imide groups is 1. The van der Waals surface area contributed by atoms with Gasteiger partial charge in [0.15, 0.2) is 6.61 Å². The van der Waals surface area contributed by atoms with Gasteiger partial charge in [0.1, 0.15) is 13.1 Å². The maximum Gasteiger partial charge on any atom is 0.338 e. The van der Waals surface area contributed by atoms with E-state index in [-0.39, 0.29) is 12.6 Å². The molecule has 0 bridgehead atoms. The van der Waals surface area contributed by atoms with E-state index in [0.717, 1.165) is 4.90 Å². The number of amides is 4. The lowest BCUT2D eigenvalue weighted by molar-refractivity contribution is -0.149. The fourth-order valence-electron chi connectivity index (χ4n) is 2.31. The predicted octanol–water partition coefficient (Wildman–Crippen LogP) is 0.628. The van der Waals surface area contributed by atoms with Crippen molar-refractivity contribution in [1.82, 2.24) is 9.80 Å². The van der Waals surface area contributed by atoms with E-state index in [1.54, 1.807) is 13.8 Å². The Kier molecular flexibility index (Phi) is 6.69. The Balaban J connectivity index is 1.79. The van der Waals surface area contributed by atoms with Gasteiger partial charge < -0.3 is 19.7 Å². The minimum atomic E-state index is -0.876. The summed E-state index contributed by atoms with van der Waals surface area (Å²) in [5, 5.41) is 2.50. The molecule has 1 aliphatic heterocycles. The molecule has 0 saturated carbocycles. The van der Waals surface area contributed by atoms with Crippen molar-refractivity contribution < 1.29 is 33.4 Å². The highest BCUT2D eigenvalue weighted by Gasteiger charge is 2.35. The van der Waals surface area contributed by atoms with E-state index in [9.17, 15) is 24.0 Å². The van der Waals surface area contributed by atoms with Crippen molar-refractivity contribution in [3.63, 3.8) is 0 Å². The van der Waals surface area contributed by atoms with E-state index in [1.807, 2.05) is 0 Å². The third-order valence-electron chi connectivity index (χ3n) is 3.63. The molecule has 0 aliphatic carbocycles. The second-order valence-electron chi connectivity index (χ2n) is 6.36. The molecule has 0 unspecified atom stereocenters. The van der Waals surface area contributed by atoms with Crippen LogP contribution in [0, 0.1) is 0 Å². The zero-order valence-electron chi connectivity index (χ0n) is 15.8. The second-order valence-corrected chi connectivity index (χ2v) is 6.36. The molecular formula is C18H21N3O7. The highest BCUT2D eigenvalue weighted by atomic mass is 16.5. The van der Waals surface area contributed by atoms with Gasteiger partial charge in [0.25, 0.3) is 11.8 Å². The van der Waals surface area contributed by atoms with Gasteiger partial charge in [0.05, 0.1) is 11.7 Å². The van der Waals surface area contributed by atoms with Gasteiger partial charge in [0, 0.05) is 12.7 Å². The second kappa shape index (κ2) is 8.98. The summed E-state index contributed by atoms with van der Waals surface area (Å²) >= 11 is 0. The summed E-state index contributed by atoms with van der Waals surface area (Å²) in [6.45, 7) is 2.24. The number of benzene rings is 1. The van der Waals surface area contributed by atoms with Crippen LogP contribution < -0.4 is 5.32 Å². The zero-order chi connectivity index (χ0) is 20.8. The number of urea groups is 1. The normalized spacial score (nSPS) is 13.7. The number of likely N-dealkylation sites (N-methyl/N-ethyl adjacent to an activating group) is 1. The fraction of sp³-hybridized carbons (Fsp3) is 0.389. The fourth-order valence-corrected chi connectivity index (χ4v) is 2.31. The Morgan fingerprint density at radius 1 is 1.14 bits per heavy atom. The summed E-state index contributed by atoms with van der Waals surface area (Å²) in [5.41, 5.74) is 0.733. The number of esters is 2. The Morgan fingerprint density at radius 3 is 2.32 bits per heavy atom. The molecule has 1 heterocycles. The standard InChI is InChI=1S/C18H21N3O7/c1-11(2)28-17(25)12-4-6-13(7-5-12)19-14(22)10-27-16(24)9-21-15(23)8-20(3)18(21)26/h4-7,11H,8-10H2,1-3H3,(H,19,22). The Bertz CT molecular complexity index is 789. The summed E-state index contributed by atoms with van der Waals surface area (Å²) in [6.07, 6.45) is -0.242. The van der Waals surface area contributed by atoms with Crippen molar-refractivity contribution in [2.24, 2.45) is 0 Å². The van der Waals surface area contributed by atoms with E-state index >= 15 is 0 Å². The number of nitrogens with zero attached hydrogens (tertiary/aromatic N) is 2. The number of nitrogens with one attached hydrogen (secondary N) is 1. The van der Waals surface area contributed by atoms with Gasteiger partial charge in [-0.05, 0) is 38.1 Å². The average Bonchev–Trinajstić information content (AvgIpc) is 2.86. The van der Waals surface area contributed by atoms with Crippen LogP contribution in [0.15, 0.2) is 24.3 Å². The van der Waals surface area contributed by atoms with Crippen LogP contribution in [0.1, 0.15) is 24.2 Å². The molecular weight excluding hydrogens is 370 g/mol. The topological polar surface area (TPSA) is 122 Å². The lowest BCUT2D eigenvalue weighted by Gasteiger charge is -2.13. The SMILES string of the molecule is CC(C)OC(=O)c1ccc(NC(=O)COC(=O)CN2C(=O)CN(C)C2=O)cc1.